The molecule has 0 aliphatic carbocycles. The molecule has 1 aliphatic heterocycles. The van der Waals surface area contributed by atoms with Crippen molar-refractivity contribution >= 4 is 23.2 Å². The Hall–Kier alpha value is -3.85. The minimum Gasteiger partial charge on any atom is -0.463 e. The van der Waals surface area contributed by atoms with Gasteiger partial charge in [0, 0.05) is 12.0 Å². The number of hydrogen-bond donors (Lipinski definition) is 3. The highest BCUT2D eigenvalue weighted by Crippen LogP contribution is 2.40. The second-order valence-corrected chi connectivity index (χ2v) is 7.42. The van der Waals surface area contributed by atoms with Crippen molar-refractivity contribution in [3.8, 4) is 6.07 Å². The second-order valence-electron chi connectivity index (χ2n) is 7.42. The van der Waals surface area contributed by atoms with Crippen LogP contribution in [0.3, 0.4) is 0 Å². The average molecular weight is 451 g/mol. The van der Waals surface area contributed by atoms with Gasteiger partial charge in [0.1, 0.15) is 42.8 Å². The fraction of sp³-hybridized carbons (Fsp3) is 0.318. The molecule has 3 N–H and O–H groups in total. The van der Waals surface area contributed by atoms with Gasteiger partial charge in [-0.05, 0) is 24.3 Å². The summed E-state index contributed by atoms with van der Waals surface area (Å²) in [5.41, 5.74) is -1.10. The number of aliphatic hydroxyl groups is 2. The largest absolute Gasteiger partial charge is 0.463 e. The van der Waals surface area contributed by atoms with Crippen molar-refractivity contribution in [1.29, 1.82) is 5.26 Å². The highest BCUT2D eigenvalue weighted by atomic mass is 16.6. The number of nitrogens with zero attached hydrogens (tertiary/aromatic N) is 4. The molecule has 33 heavy (non-hydrogen) atoms. The predicted octanol–water partition coefficient (Wildman–Crippen LogP) is 0.774. The molecule has 3 aromatic rings. The minimum absolute atomic E-state index is 0.119. The maximum atomic E-state index is 12.6. The summed E-state index contributed by atoms with van der Waals surface area (Å²) in [5, 5.41) is 38.0. The smallest absolute Gasteiger partial charge is 0.305 e. The van der Waals surface area contributed by atoms with Gasteiger partial charge in [0.15, 0.2) is 5.82 Å². The lowest BCUT2D eigenvalue weighted by Gasteiger charge is -2.24. The summed E-state index contributed by atoms with van der Waals surface area (Å²) in [6, 6.07) is 13.5. The van der Waals surface area contributed by atoms with Crippen LogP contribution in [0, 0.1) is 11.3 Å². The van der Waals surface area contributed by atoms with Crippen LogP contribution in [0.25, 0.3) is 5.52 Å². The Morgan fingerprint density at radius 1 is 1.27 bits per heavy atom. The minimum atomic E-state index is -2.00. The van der Waals surface area contributed by atoms with E-state index in [9.17, 15) is 25.1 Å². The quantitative estimate of drug-likeness (QED) is 0.460. The van der Waals surface area contributed by atoms with Gasteiger partial charge in [-0.15, -0.1) is 0 Å². The van der Waals surface area contributed by atoms with Crippen LogP contribution in [-0.2, 0) is 19.9 Å². The molecule has 1 fully saturated rings. The van der Waals surface area contributed by atoms with Gasteiger partial charge in [0.2, 0.25) is 5.60 Å². The van der Waals surface area contributed by atoms with Crippen molar-refractivity contribution < 1.29 is 29.3 Å². The summed E-state index contributed by atoms with van der Waals surface area (Å²) in [6.07, 6.45) is -2.95. The standard InChI is InChI=1S/C22H21N5O6/c1-2-17(28)32-10-15-18(29)19(30)22(11-23,33-15)16-9-8-14-20(24-12-25-27(14)16)26-21(31)13-6-4-3-5-7-13/h3-9,12,15,18-19,29-30H,2,10H2,1H3,(H,24,25,26,31)/t15-,18-,19-,22+/m1/s1. The first-order chi connectivity index (χ1) is 15.9. The molecule has 170 valence electrons. The molecule has 0 radical (unpaired) electrons. The van der Waals surface area contributed by atoms with Crippen molar-refractivity contribution in [3.63, 3.8) is 0 Å². The number of carbonyl (C=O) groups excluding carboxylic acids is 2. The molecular formula is C22H21N5O6. The van der Waals surface area contributed by atoms with Crippen molar-refractivity contribution in [1.82, 2.24) is 14.6 Å². The molecule has 0 spiro atoms. The normalized spacial score (nSPS) is 24.4. The Labute approximate surface area is 188 Å². The van der Waals surface area contributed by atoms with Gasteiger partial charge in [0.25, 0.3) is 5.91 Å². The summed E-state index contributed by atoms with van der Waals surface area (Å²) < 4.78 is 12.1. The zero-order valence-electron chi connectivity index (χ0n) is 17.6. The first kappa shape index (κ1) is 22.3. The van der Waals surface area contributed by atoms with E-state index < -0.39 is 29.9 Å². The fourth-order valence-corrected chi connectivity index (χ4v) is 3.67. The van der Waals surface area contributed by atoms with E-state index >= 15 is 0 Å². The number of benzene rings is 1. The molecule has 11 heteroatoms. The van der Waals surface area contributed by atoms with Gasteiger partial charge in [-0.2, -0.15) is 10.4 Å². The van der Waals surface area contributed by atoms with E-state index in [0.29, 0.717) is 11.1 Å². The third-order valence-electron chi connectivity index (χ3n) is 5.42. The molecule has 1 amide bonds. The van der Waals surface area contributed by atoms with Crippen molar-refractivity contribution in [2.75, 3.05) is 11.9 Å². The Morgan fingerprint density at radius 2 is 2.03 bits per heavy atom. The SMILES string of the molecule is CCC(=O)OC[C@H]1O[C@@](C#N)(c2ccc3c(NC(=O)c4ccccc4)ncnn23)[C@H](O)[C@@H]1O. The molecule has 11 nitrogen and oxygen atoms in total. The number of aliphatic hydroxyl groups excluding tert-OH is 2. The topological polar surface area (TPSA) is 159 Å². The van der Waals surface area contributed by atoms with E-state index in [2.05, 4.69) is 15.4 Å². The lowest BCUT2D eigenvalue weighted by Crippen LogP contribution is -2.41. The van der Waals surface area contributed by atoms with E-state index in [4.69, 9.17) is 9.47 Å². The van der Waals surface area contributed by atoms with Crippen LogP contribution in [0.2, 0.25) is 0 Å². The molecule has 0 saturated carbocycles. The van der Waals surface area contributed by atoms with Crippen molar-refractivity contribution in [3.05, 3.63) is 60.0 Å². The highest BCUT2D eigenvalue weighted by molar-refractivity contribution is 6.05. The number of esters is 1. The summed E-state index contributed by atoms with van der Waals surface area (Å²) in [5.74, 6) is -0.714. The second kappa shape index (κ2) is 8.95. The van der Waals surface area contributed by atoms with Crippen LogP contribution >= 0.6 is 0 Å². The number of fused-ring (bicyclic) bond motifs is 1. The number of carbonyl (C=O) groups is 2. The van der Waals surface area contributed by atoms with E-state index in [1.807, 2.05) is 6.07 Å². The van der Waals surface area contributed by atoms with Crippen LogP contribution in [0.15, 0.2) is 48.8 Å². The van der Waals surface area contributed by atoms with Crippen molar-refractivity contribution in [2.45, 2.75) is 37.3 Å². The molecule has 1 aliphatic rings. The van der Waals surface area contributed by atoms with Gasteiger partial charge in [-0.1, -0.05) is 25.1 Å². The number of hydrogen-bond acceptors (Lipinski definition) is 9. The maximum absolute atomic E-state index is 12.6. The lowest BCUT2D eigenvalue weighted by atomic mass is 9.92. The van der Waals surface area contributed by atoms with Gasteiger partial charge < -0.3 is 25.0 Å². The summed E-state index contributed by atoms with van der Waals surface area (Å²) in [6.45, 7) is 1.29. The summed E-state index contributed by atoms with van der Waals surface area (Å²) in [7, 11) is 0. The average Bonchev–Trinajstić information content (AvgIpc) is 3.39. The summed E-state index contributed by atoms with van der Waals surface area (Å²) in [4.78, 5) is 28.1. The van der Waals surface area contributed by atoms with Gasteiger partial charge in [-0.3, -0.25) is 9.59 Å². The number of rotatable bonds is 6. The summed E-state index contributed by atoms with van der Waals surface area (Å²) >= 11 is 0. The van der Waals surface area contributed by atoms with Crippen molar-refractivity contribution in [2.24, 2.45) is 0 Å². The molecule has 0 unspecified atom stereocenters. The number of amides is 1. The lowest BCUT2D eigenvalue weighted by molar-refractivity contribution is -0.150. The van der Waals surface area contributed by atoms with E-state index in [1.165, 1.54) is 16.9 Å². The van der Waals surface area contributed by atoms with Crippen LogP contribution in [0.1, 0.15) is 29.4 Å². The zero-order chi connectivity index (χ0) is 23.6. The fourth-order valence-electron chi connectivity index (χ4n) is 3.67. The number of nitrogens with one attached hydrogen (secondary N) is 1. The Bertz CT molecular complexity index is 1220. The van der Waals surface area contributed by atoms with E-state index in [0.717, 1.165) is 0 Å². The maximum Gasteiger partial charge on any atom is 0.305 e. The molecule has 4 atom stereocenters. The van der Waals surface area contributed by atoms with Crippen LogP contribution in [0.4, 0.5) is 5.82 Å². The highest BCUT2D eigenvalue weighted by Gasteiger charge is 2.57. The van der Waals surface area contributed by atoms with Gasteiger partial charge in [0.05, 0.1) is 5.69 Å². The molecule has 0 bridgehead atoms. The molecule has 1 aromatic carbocycles. The Morgan fingerprint density at radius 3 is 2.73 bits per heavy atom. The molecule has 4 rings (SSSR count). The molecule has 3 heterocycles. The predicted molar refractivity (Wildman–Crippen MR) is 113 cm³/mol. The first-order valence-electron chi connectivity index (χ1n) is 10.2. The monoisotopic (exact) mass is 451 g/mol. The van der Waals surface area contributed by atoms with Crippen LogP contribution in [-0.4, -0.2) is 61.6 Å². The third-order valence-corrected chi connectivity index (χ3v) is 5.42. The van der Waals surface area contributed by atoms with Gasteiger partial charge in [-0.25, -0.2) is 9.50 Å². The Kier molecular flexibility index (Phi) is 6.06. The molecule has 2 aromatic heterocycles. The number of nitriles is 1. The van der Waals surface area contributed by atoms with E-state index in [-0.39, 0.29) is 30.4 Å². The Balaban J connectivity index is 1.66. The van der Waals surface area contributed by atoms with Crippen LogP contribution < -0.4 is 5.32 Å². The number of ether oxygens (including phenoxy) is 2. The molecule has 1 saturated heterocycles. The van der Waals surface area contributed by atoms with Gasteiger partial charge >= 0.3 is 5.97 Å². The molecular weight excluding hydrogens is 430 g/mol. The first-order valence-corrected chi connectivity index (χ1v) is 10.2. The zero-order valence-corrected chi connectivity index (χ0v) is 17.6. The third kappa shape index (κ3) is 3.91. The number of anilines is 1. The van der Waals surface area contributed by atoms with E-state index in [1.54, 1.807) is 43.3 Å². The number of aromatic nitrogens is 3. The van der Waals surface area contributed by atoms with Crippen LogP contribution in [0.5, 0.6) is 0 Å².